The molecule has 21 heavy (non-hydrogen) atoms. The number of hydrogen-bond acceptors (Lipinski definition) is 4. The van der Waals surface area contributed by atoms with E-state index < -0.39 is 10.0 Å². The molecule has 112 valence electrons. The van der Waals surface area contributed by atoms with Crippen LogP contribution in [0.4, 0.5) is 11.4 Å². The van der Waals surface area contributed by atoms with Gasteiger partial charge in [0.1, 0.15) is 5.15 Å². The fourth-order valence-corrected chi connectivity index (χ4v) is 3.71. The first-order chi connectivity index (χ1) is 9.77. The van der Waals surface area contributed by atoms with Gasteiger partial charge in [0.25, 0.3) is 0 Å². The second-order valence-electron chi connectivity index (χ2n) is 4.53. The molecule has 0 fully saturated rings. The van der Waals surface area contributed by atoms with Gasteiger partial charge in [-0.2, -0.15) is 0 Å². The molecule has 1 heterocycles. The zero-order chi connectivity index (χ0) is 15.6. The highest BCUT2D eigenvalue weighted by molar-refractivity contribution is 7.91. The van der Waals surface area contributed by atoms with Crippen molar-refractivity contribution in [2.75, 3.05) is 10.5 Å². The Morgan fingerprint density at radius 3 is 2.62 bits per heavy atom. The SMILES string of the molecule is Cc1cc(Cl)nc(Cl)c1NS(=O)(=O)Cc1cccc(N)c1. The molecule has 0 radical (unpaired) electrons. The molecule has 0 saturated carbocycles. The van der Waals surface area contributed by atoms with Crippen LogP contribution in [-0.4, -0.2) is 13.4 Å². The van der Waals surface area contributed by atoms with Gasteiger partial charge in [-0.15, -0.1) is 0 Å². The van der Waals surface area contributed by atoms with Gasteiger partial charge in [-0.1, -0.05) is 35.3 Å². The van der Waals surface area contributed by atoms with E-state index in [4.69, 9.17) is 28.9 Å². The summed E-state index contributed by atoms with van der Waals surface area (Å²) in [5.74, 6) is -0.212. The number of rotatable bonds is 4. The molecule has 1 aromatic carbocycles. The monoisotopic (exact) mass is 345 g/mol. The van der Waals surface area contributed by atoms with E-state index in [1.807, 2.05) is 0 Å². The maximum absolute atomic E-state index is 12.2. The largest absolute Gasteiger partial charge is 0.399 e. The highest BCUT2D eigenvalue weighted by atomic mass is 35.5. The molecule has 0 amide bonds. The lowest BCUT2D eigenvalue weighted by atomic mass is 10.2. The quantitative estimate of drug-likeness (QED) is 0.658. The first-order valence-corrected chi connectivity index (χ1v) is 8.35. The Morgan fingerprint density at radius 1 is 1.29 bits per heavy atom. The van der Waals surface area contributed by atoms with Crippen molar-refractivity contribution in [3.8, 4) is 0 Å². The molecule has 3 N–H and O–H groups in total. The van der Waals surface area contributed by atoms with E-state index in [1.54, 1.807) is 31.2 Å². The fraction of sp³-hybridized carbons (Fsp3) is 0.154. The normalized spacial score (nSPS) is 11.4. The molecule has 2 aromatic rings. The summed E-state index contributed by atoms with van der Waals surface area (Å²) in [6.45, 7) is 1.69. The number of aromatic nitrogens is 1. The summed E-state index contributed by atoms with van der Waals surface area (Å²) < 4.78 is 26.8. The third-order valence-electron chi connectivity index (χ3n) is 2.71. The molecular formula is C13H13Cl2N3O2S. The Hall–Kier alpha value is -1.50. The molecule has 0 saturated heterocycles. The van der Waals surface area contributed by atoms with Crippen molar-refractivity contribution in [1.82, 2.24) is 4.98 Å². The highest BCUT2D eigenvalue weighted by Crippen LogP contribution is 2.28. The van der Waals surface area contributed by atoms with E-state index >= 15 is 0 Å². The standard InChI is InChI=1S/C13H13Cl2N3O2S/c1-8-5-11(14)17-13(15)12(8)18-21(19,20)7-9-3-2-4-10(16)6-9/h2-6,18H,7,16H2,1H3. The Kier molecular flexibility index (Phi) is 4.61. The number of aryl methyl sites for hydroxylation is 1. The van der Waals surface area contributed by atoms with E-state index in [9.17, 15) is 8.42 Å². The Morgan fingerprint density at radius 2 is 2.00 bits per heavy atom. The minimum Gasteiger partial charge on any atom is -0.399 e. The van der Waals surface area contributed by atoms with Gasteiger partial charge in [-0.05, 0) is 36.2 Å². The molecular weight excluding hydrogens is 333 g/mol. The van der Waals surface area contributed by atoms with Gasteiger partial charge in [0.05, 0.1) is 11.4 Å². The van der Waals surface area contributed by atoms with Crippen LogP contribution in [0.25, 0.3) is 0 Å². The summed E-state index contributed by atoms with van der Waals surface area (Å²) in [6, 6.07) is 8.21. The van der Waals surface area contributed by atoms with Gasteiger partial charge in [0.15, 0.2) is 5.15 Å². The lowest BCUT2D eigenvalue weighted by Crippen LogP contribution is -2.16. The predicted octanol–water partition coefficient (Wildman–Crippen LogP) is 3.22. The number of halogens is 2. The molecule has 0 spiro atoms. The maximum Gasteiger partial charge on any atom is 0.237 e. The smallest absolute Gasteiger partial charge is 0.237 e. The van der Waals surface area contributed by atoms with Gasteiger partial charge in [0, 0.05) is 5.69 Å². The molecule has 5 nitrogen and oxygen atoms in total. The van der Waals surface area contributed by atoms with Crippen LogP contribution in [-0.2, 0) is 15.8 Å². The van der Waals surface area contributed by atoms with Crippen molar-refractivity contribution in [3.63, 3.8) is 0 Å². The van der Waals surface area contributed by atoms with Gasteiger partial charge >= 0.3 is 0 Å². The molecule has 0 aliphatic heterocycles. The average molecular weight is 346 g/mol. The number of pyridine rings is 1. The lowest BCUT2D eigenvalue weighted by molar-refractivity contribution is 0.600. The first kappa shape index (κ1) is 15.9. The van der Waals surface area contributed by atoms with Gasteiger partial charge in [0.2, 0.25) is 10.0 Å². The van der Waals surface area contributed by atoms with Gasteiger partial charge in [-0.3, -0.25) is 4.72 Å². The van der Waals surface area contributed by atoms with Crippen LogP contribution >= 0.6 is 23.2 Å². The molecule has 0 atom stereocenters. The summed E-state index contributed by atoms with van der Waals surface area (Å²) in [5.41, 5.74) is 7.54. The van der Waals surface area contributed by atoms with Crippen LogP contribution in [0.2, 0.25) is 10.3 Å². The molecule has 0 unspecified atom stereocenters. The highest BCUT2D eigenvalue weighted by Gasteiger charge is 2.16. The number of nitrogens with one attached hydrogen (secondary N) is 1. The van der Waals surface area contributed by atoms with Gasteiger partial charge < -0.3 is 5.73 Å². The zero-order valence-corrected chi connectivity index (χ0v) is 13.4. The van der Waals surface area contributed by atoms with Crippen LogP contribution in [0.1, 0.15) is 11.1 Å². The van der Waals surface area contributed by atoms with Crippen molar-refractivity contribution < 1.29 is 8.42 Å². The summed E-state index contributed by atoms with van der Waals surface area (Å²) in [7, 11) is -3.64. The summed E-state index contributed by atoms with van der Waals surface area (Å²) in [5, 5.41) is 0.215. The van der Waals surface area contributed by atoms with Crippen molar-refractivity contribution in [1.29, 1.82) is 0 Å². The maximum atomic E-state index is 12.2. The van der Waals surface area contributed by atoms with Crippen molar-refractivity contribution in [2.24, 2.45) is 0 Å². The number of hydrogen-bond donors (Lipinski definition) is 2. The van der Waals surface area contributed by atoms with Crippen LogP contribution in [0.15, 0.2) is 30.3 Å². The zero-order valence-electron chi connectivity index (χ0n) is 11.1. The predicted molar refractivity (Wildman–Crippen MR) is 86.1 cm³/mol. The molecule has 1 aromatic heterocycles. The molecule has 0 aliphatic carbocycles. The van der Waals surface area contributed by atoms with Crippen LogP contribution in [0, 0.1) is 6.92 Å². The Labute approximate surface area is 133 Å². The van der Waals surface area contributed by atoms with E-state index in [0.717, 1.165) is 0 Å². The number of nitrogens with zero attached hydrogens (tertiary/aromatic N) is 1. The lowest BCUT2D eigenvalue weighted by Gasteiger charge is -2.12. The second kappa shape index (κ2) is 6.09. The van der Waals surface area contributed by atoms with E-state index in [2.05, 4.69) is 9.71 Å². The number of sulfonamides is 1. The summed E-state index contributed by atoms with van der Waals surface area (Å²) >= 11 is 11.7. The summed E-state index contributed by atoms with van der Waals surface area (Å²) in [6.07, 6.45) is 0. The van der Waals surface area contributed by atoms with Crippen molar-refractivity contribution in [2.45, 2.75) is 12.7 Å². The summed E-state index contributed by atoms with van der Waals surface area (Å²) in [4.78, 5) is 3.82. The number of nitrogen functional groups attached to an aromatic ring is 1. The van der Waals surface area contributed by atoms with Crippen LogP contribution in [0.5, 0.6) is 0 Å². The van der Waals surface area contributed by atoms with Crippen LogP contribution < -0.4 is 10.5 Å². The molecule has 0 bridgehead atoms. The third kappa shape index (κ3) is 4.23. The average Bonchev–Trinajstić information content (AvgIpc) is 2.33. The third-order valence-corrected chi connectivity index (χ3v) is 4.40. The number of anilines is 2. The topological polar surface area (TPSA) is 85.1 Å². The van der Waals surface area contributed by atoms with Crippen molar-refractivity contribution in [3.05, 3.63) is 51.8 Å². The van der Waals surface area contributed by atoms with E-state index in [0.29, 0.717) is 16.8 Å². The minimum atomic E-state index is -3.64. The second-order valence-corrected chi connectivity index (χ2v) is 7.00. The fourth-order valence-electron chi connectivity index (χ4n) is 1.81. The molecule has 2 rings (SSSR count). The van der Waals surface area contributed by atoms with Gasteiger partial charge in [-0.25, -0.2) is 13.4 Å². The Balaban J connectivity index is 2.26. The molecule has 8 heteroatoms. The van der Waals surface area contributed by atoms with Crippen molar-refractivity contribution >= 4 is 44.6 Å². The molecule has 0 aliphatic rings. The number of nitrogens with two attached hydrogens (primary N) is 1. The minimum absolute atomic E-state index is 0.0103. The van der Waals surface area contributed by atoms with E-state index in [1.165, 1.54) is 6.07 Å². The van der Waals surface area contributed by atoms with E-state index in [-0.39, 0.29) is 21.7 Å². The number of benzene rings is 1. The Bertz CT molecular complexity index is 756. The first-order valence-electron chi connectivity index (χ1n) is 5.94. The van der Waals surface area contributed by atoms with Crippen LogP contribution in [0.3, 0.4) is 0 Å².